The maximum absolute atomic E-state index is 13.0. The highest BCUT2D eigenvalue weighted by Crippen LogP contribution is 2.47. The first-order valence-corrected chi connectivity index (χ1v) is 9.79. The first-order chi connectivity index (χ1) is 13.4. The van der Waals surface area contributed by atoms with E-state index in [9.17, 15) is 4.79 Å². The summed E-state index contributed by atoms with van der Waals surface area (Å²) in [6, 6.07) is 8.65. The van der Waals surface area contributed by atoms with Gasteiger partial charge in [-0.15, -0.1) is 0 Å². The molecular formula is C23H28N2O3. The van der Waals surface area contributed by atoms with Gasteiger partial charge in [0.15, 0.2) is 0 Å². The van der Waals surface area contributed by atoms with E-state index in [0.29, 0.717) is 6.04 Å². The van der Waals surface area contributed by atoms with Gasteiger partial charge < -0.3 is 19.0 Å². The molecule has 0 radical (unpaired) electrons. The number of hydrogen-bond donors (Lipinski definition) is 0. The number of hydrogen-bond acceptors (Lipinski definition) is 4. The van der Waals surface area contributed by atoms with Crippen LogP contribution in [0.2, 0.25) is 0 Å². The van der Waals surface area contributed by atoms with Gasteiger partial charge >= 0.3 is 0 Å². The van der Waals surface area contributed by atoms with Crippen molar-refractivity contribution in [1.82, 2.24) is 9.80 Å². The zero-order valence-corrected chi connectivity index (χ0v) is 17.0. The summed E-state index contributed by atoms with van der Waals surface area (Å²) in [5.41, 5.74) is 3.47. The molecule has 5 nitrogen and oxygen atoms in total. The quantitative estimate of drug-likeness (QED) is 0.763. The maximum Gasteiger partial charge on any atom is 0.246 e. The van der Waals surface area contributed by atoms with E-state index < -0.39 is 0 Å². The first kappa shape index (κ1) is 18.8. The number of benzene rings is 1. The van der Waals surface area contributed by atoms with Gasteiger partial charge in [-0.25, -0.2) is 0 Å². The van der Waals surface area contributed by atoms with Crippen molar-refractivity contribution in [2.24, 2.45) is 0 Å². The third-order valence-corrected chi connectivity index (χ3v) is 6.66. The van der Waals surface area contributed by atoms with E-state index in [1.165, 1.54) is 11.1 Å². The number of nitrogens with zero attached hydrogens (tertiary/aromatic N) is 2. The fraction of sp³-hybridized carbons (Fsp3) is 0.435. The van der Waals surface area contributed by atoms with Gasteiger partial charge in [-0.05, 0) is 61.8 Å². The van der Waals surface area contributed by atoms with Crippen LogP contribution in [0.15, 0.2) is 47.3 Å². The lowest BCUT2D eigenvalue weighted by atomic mass is 9.61. The second-order valence-electron chi connectivity index (χ2n) is 8.23. The Morgan fingerprint density at radius 3 is 2.93 bits per heavy atom. The third kappa shape index (κ3) is 3.04. The number of amides is 1. The number of likely N-dealkylation sites (tertiary alicyclic amines) is 1. The molecule has 1 aliphatic carbocycles. The second kappa shape index (κ2) is 7.13. The van der Waals surface area contributed by atoms with Crippen LogP contribution in [0.4, 0.5) is 0 Å². The molecule has 5 heteroatoms. The minimum atomic E-state index is -0.104. The number of piperidine rings is 1. The topological polar surface area (TPSA) is 45.9 Å². The zero-order valence-electron chi connectivity index (χ0n) is 17.0. The lowest BCUT2D eigenvalue weighted by Crippen LogP contribution is -2.67. The predicted octanol–water partition coefficient (Wildman–Crippen LogP) is 3.35. The van der Waals surface area contributed by atoms with Crippen molar-refractivity contribution in [3.63, 3.8) is 0 Å². The molecule has 2 aromatic rings. The van der Waals surface area contributed by atoms with E-state index in [2.05, 4.69) is 31.0 Å². The molecule has 4 rings (SSSR count). The molecule has 148 valence electrons. The fourth-order valence-electron chi connectivity index (χ4n) is 5.04. The van der Waals surface area contributed by atoms with Crippen LogP contribution < -0.4 is 4.74 Å². The van der Waals surface area contributed by atoms with Gasteiger partial charge in [-0.1, -0.05) is 13.0 Å². The predicted molar refractivity (Wildman–Crippen MR) is 109 cm³/mol. The van der Waals surface area contributed by atoms with Crippen LogP contribution in [0, 0.1) is 0 Å². The fourth-order valence-corrected chi connectivity index (χ4v) is 5.04. The molecule has 1 aromatic heterocycles. The van der Waals surface area contributed by atoms with E-state index in [0.717, 1.165) is 30.7 Å². The highest BCUT2D eigenvalue weighted by molar-refractivity contribution is 5.92. The molecule has 1 saturated heterocycles. The van der Waals surface area contributed by atoms with Crippen LogP contribution in [0.1, 0.15) is 30.0 Å². The van der Waals surface area contributed by atoms with E-state index in [1.807, 2.05) is 30.2 Å². The normalized spacial score (nSPS) is 26.9. The highest BCUT2D eigenvalue weighted by Gasteiger charge is 2.52. The van der Waals surface area contributed by atoms with Gasteiger partial charge in [-0.3, -0.25) is 4.79 Å². The standard InChI is InChI=1S/C23H28N2O3/c1-23-10-11-24(2)20(13-17-6-7-18(27-4)14-19(17)23)22(23)25(3)21(26)8-5-16-9-12-28-15-16/h5-9,12,14-15,20,22H,10-11,13H2,1-4H3/b8-5+/t20?,22-,23+/m1/s1. The Morgan fingerprint density at radius 2 is 2.21 bits per heavy atom. The van der Waals surface area contributed by atoms with E-state index in [4.69, 9.17) is 9.15 Å². The van der Waals surface area contributed by atoms with Gasteiger partial charge in [0, 0.05) is 30.1 Å². The summed E-state index contributed by atoms with van der Waals surface area (Å²) in [6.07, 6.45) is 8.65. The average molecular weight is 380 g/mol. The highest BCUT2D eigenvalue weighted by atomic mass is 16.5. The van der Waals surface area contributed by atoms with Crippen LogP contribution in [0.3, 0.4) is 0 Å². The third-order valence-electron chi connectivity index (χ3n) is 6.66. The Balaban J connectivity index is 1.69. The average Bonchev–Trinajstić information content (AvgIpc) is 3.22. The van der Waals surface area contributed by atoms with Gasteiger partial charge in [0.05, 0.1) is 25.7 Å². The molecular weight excluding hydrogens is 352 g/mol. The lowest BCUT2D eigenvalue weighted by Gasteiger charge is -2.57. The van der Waals surface area contributed by atoms with Crippen molar-refractivity contribution in [2.45, 2.75) is 37.3 Å². The van der Waals surface area contributed by atoms with Gasteiger partial charge in [0.1, 0.15) is 5.75 Å². The molecule has 0 spiro atoms. The molecule has 3 atom stereocenters. The lowest BCUT2D eigenvalue weighted by molar-refractivity contribution is -0.132. The Hall–Kier alpha value is -2.53. The summed E-state index contributed by atoms with van der Waals surface area (Å²) in [6.45, 7) is 3.33. The van der Waals surface area contributed by atoms with Gasteiger partial charge in [-0.2, -0.15) is 0 Å². The Labute approximate surface area is 166 Å². The molecule has 0 saturated carbocycles. The largest absolute Gasteiger partial charge is 0.497 e. The van der Waals surface area contributed by atoms with Crippen molar-refractivity contribution < 1.29 is 13.9 Å². The van der Waals surface area contributed by atoms with Crippen LogP contribution in [-0.4, -0.2) is 55.5 Å². The summed E-state index contributed by atoms with van der Waals surface area (Å²) in [4.78, 5) is 17.4. The molecule has 1 fully saturated rings. The molecule has 28 heavy (non-hydrogen) atoms. The summed E-state index contributed by atoms with van der Waals surface area (Å²) >= 11 is 0. The Kier molecular flexibility index (Phi) is 4.79. The van der Waals surface area contributed by atoms with Crippen molar-refractivity contribution in [3.05, 3.63) is 59.6 Å². The number of rotatable bonds is 4. The minimum absolute atomic E-state index is 0.0177. The van der Waals surface area contributed by atoms with Gasteiger partial charge in [0.2, 0.25) is 5.91 Å². The molecule has 2 bridgehead atoms. The van der Waals surface area contributed by atoms with Crippen LogP contribution in [-0.2, 0) is 16.6 Å². The molecule has 2 heterocycles. The molecule has 2 aliphatic rings. The monoisotopic (exact) mass is 380 g/mol. The minimum Gasteiger partial charge on any atom is -0.497 e. The smallest absolute Gasteiger partial charge is 0.246 e. The van der Waals surface area contributed by atoms with E-state index in [-0.39, 0.29) is 17.4 Å². The summed E-state index contributed by atoms with van der Waals surface area (Å²) in [7, 11) is 5.81. The SMILES string of the molecule is COc1ccc2c(c1)[C@]1(C)CCN(C)C(C2)[C@H]1N(C)C(=O)/C=C/c1ccoc1. The van der Waals surface area contributed by atoms with E-state index in [1.54, 1.807) is 25.7 Å². The van der Waals surface area contributed by atoms with E-state index >= 15 is 0 Å². The number of carbonyl (C=O) groups is 1. The number of fused-ring (bicyclic) bond motifs is 4. The van der Waals surface area contributed by atoms with Crippen molar-refractivity contribution in [2.75, 3.05) is 27.7 Å². The van der Waals surface area contributed by atoms with Crippen LogP contribution in [0.25, 0.3) is 6.08 Å². The summed E-state index contributed by atoms with van der Waals surface area (Å²) in [5.74, 6) is 0.897. The maximum atomic E-state index is 13.0. The zero-order chi connectivity index (χ0) is 19.9. The second-order valence-corrected chi connectivity index (χ2v) is 8.23. The number of furan rings is 1. The summed E-state index contributed by atoms with van der Waals surface area (Å²) < 4.78 is 10.6. The summed E-state index contributed by atoms with van der Waals surface area (Å²) in [5, 5.41) is 0. The molecule has 1 unspecified atom stereocenters. The van der Waals surface area contributed by atoms with Crippen LogP contribution >= 0.6 is 0 Å². The number of ether oxygens (including phenoxy) is 1. The number of likely N-dealkylation sites (N-methyl/N-ethyl adjacent to an activating group) is 2. The number of carbonyl (C=O) groups excluding carboxylic acids is 1. The van der Waals surface area contributed by atoms with Gasteiger partial charge in [0.25, 0.3) is 0 Å². The molecule has 1 amide bonds. The molecule has 0 N–H and O–H groups in total. The van der Waals surface area contributed by atoms with Crippen molar-refractivity contribution >= 4 is 12.0 Å². The number of methoxy groups -OCH3 is 1. The van der Waals surface area contributed by atoms with Crippen molar-refractivity contribution in [1.29, 1.82) is 0 Å². The first-order valence-electron chi connectivity index (χ1n) is 9.79. The Morgan fingerprint density at radius 1 is 1.39 bits per heavy atom. The molecule has 1 aliphatic heterocycles. The van der Waals surface area contributed by atoms with Crippen LogP contribution in [0.5, 0.6) is 5.75 Å². The van der Waals surface area contributed by atoms with Crippen molar-refractivity contribution in [3.8, 4) is 5.75 Å². The molecule has 1 aromatic carbocycles. The Bertz CT molecular complexity index is 889.